The fourth-order valence-electron chi connectivity index (χ4n) is 1.96. The quantitative estimate of drug-likeness (QED) is 0.536. The minimum absolute atomic E-state index is 0.309. The summed E-state index contributed by atoms with van der Waals surface area (Å²) >= 11 is 1.40. The fourth-order valence-corrected chi connectivity index (χ4v) is 3.09. The Hall–Kier alpha value is -0.340. The summed E-state index contributed by atoms with van der Waals surface area (Å²) in [5.74, 6) is 0.498. The smallest absolute Gasteiger partial charge is 0.159 e. The van der Waals surface area contributed by atoms with Gasteiger partial charge in [-0.05, 0) is 5.92 Å². The van der Waals surface area contributed by atoms with E-state index < -0.39 is 24.4 Å². The van der Waals surface area contributed by atoms with Crippen molar-refractivity contribution >= 4 is 16.9 Å². The molecule has 0 aliphatic carbocycles. The van der Waals surface area contributed by atoms with E-state index in [9.17, 15) is 10.2 Å². The summed E-state index contributed by atoms with van der Waals surface area (Å²) in [6.07, 6.45) is -2.83. The van der Waals surface area contributed by atoms with Crippen molar-refractivity contribution in [3.05, 3.63) is 0 Å². The molecule has 0 aromatic heterocycles. The number of ether oxygens (including phenoxy) is 1. The van der Waals surface area contributed by atoms with Gasteiger partial charge in [-0.3, -0.25) is 4.99 Å². The molecule has 0 aromatic carbocycles. The summed E-state index contributed by atoms with van der Waals surface area (Å²) in [5, 5.41) is 32.7. The largest absolute Gasteiger partial charge is 0.394 e. The molecule has 5 atom stereocenters. The van der Waals surface area contributed by atoms with E-state index in [-0.39, 0.29) is 12.0 Å². The third-order valence-corrected chi connectivity index (χ3v) is 4.10. The van der Waals surface area contributed by atoms with Crippen LogP contribution in [0, 0.1) is 5.92 Å². The summed E-state index contributed by atoms with van der Waals surface area (Å²) < 4.78 is 5.53. The van der Waals surface area contributed by atoms with Gasteiger partial charge in [-0.1, -0.05) is 25.6 Å². The maximum atomic E-state index is 9.96. The average molecular weight is 276 g/mol. The Labute approximate surface area is 110 Å². The number of amidine groups is 1. The third-order valence-electron chi connectivity index (χ3n) is 3.00. The zero-order valence-electron chi connectivity index (χ0n) is 10.5. The van der Waals surface area contributed by atoms with Crippen molar-refractivity contribution < 1.29 is 20.1 Å². The summed E-state index contributed by atoms with van der Waals surface area (Å²) in [4.78, 5) is 4.33. The number of nitrogens with zero attached hydrogens (tertiary/aromatic N) is 1. The number of hydrogen-bond acceptors (Lipinski definition) is 7. The van der Waals surface area contributed by atoms with Crippen LogP contribution in [0.3, 0.4) is 0 Å². The van der Waals surface area contributed by atoms with Gasteiger partial charge in [0.15, 0.2) is 5.17 Å². The van der Waals surface area contributed by atoms with E-state index in [4.69, 9.17) is 9.84 Å². The van der Waals surface area contributed by atoms with Gasteiger partial charge in [-0.15, -0.1) is 0 Å². The monoisotopic (exact) mass is 276 g/mol. The van der Waals surface area contributed by atoms with Crippen LogP contribution in [0.1, 0.15) is 13.8 Å². The van der Waals surface area contributed by atoms with E-state index in [0.717, 1.165) is 11.7 Å². The lowest BCUT2D eigenvalue weighted by atomic mass is 9.99. The summed E-state index contributed by atoms with van der Waals surface area (Å²) in [6, 6.07) is -0.470. The maximum absolute atomic E-state index is 9.96. The van der Waals surface area contributed by atoms with Crippen molar-refractivity contribution in [1.82, 2.24) is 5.32 Å². The van der Waals surface area contributed by atoms with E-state index in [1.54, 1.807) is 0 Å². The minimum Gasteiger partial charge on any atom is -0.394 e. The van der Waals surface area contributed by atoms with Crippen LogP contribution in [-0.4, -0.2) is 63.4 Å². The zero-order valence-corrected chi connectivity index (χ0v) is 11.3. The first-order valence-corrected chi connectivity index (χ1v) is 7.01. The van der Waals surface area contributed by atoms with Crippen molar-refractivity contribution in [2.24, 2.45) is 10.9 Å². The minimum atomic E-state index is -1.09. The van der Waals surface area contributed by atoms with Gasteiger partial charge in [0.1, 0.15) is 29.8 Å². The number of thioether (sulfide) groups is 1. The van der Waals surface area contributed by atoms with Gasteiger partial charge in [0.05, 0.1) is 6.61 Å². The van der Waals surface area contributed by atoms with Crippen molar-refractivity contribution in [1.29, 1.82) is 0 Å². The molecule has 104 valence electrons. The number of aliphatic imine (C=N–C) groups is 1. The van der Waals surface area contributed by atoms with E-state index in [1.165, 1.54) is 11.8 Å². The van der Waals surface area contributed by atoms with Crippen molar-refractivity contribution in [3.8, 4) is 0 Å². The van der Waals surface area contributed by atoms with Crippen LogP contribution in [0.15, 0.2) is 4.99 Å². The average Bonchev–Trinajstić information content (AvgIpc) is 2.74. The summed E-state index contributed by atoms with van der Waals surface area (Å²) in [5.41, 5.74) is -0.338. The highest BCUT2D eigenvalue weighted by Gasteiger charge is 2.47. The second-order valence-corrected chi connectivity index (χ2v) is 6.11. The molecule has 18 heavy (non-hydrogen) atoms. The highest BCUT2D eigenvalue weighted by Crippen LogP contribution is 2.35. The molecule has 0 spiro atoms. The van der Waals surface area contributed by atoms with E-state index >= 15 is 0 Å². The van der Waals surface area contributed by atoms with E-state index in [1.807, 2.05) is 0 Å². The van der Waals surface area contributed by atoms with Crippen molar-refractivity contribution in [2.45, 2.75) is 43.6 Å². The Morgan fingerprint density at radius 2 is 2.11 bits per heavy atom. The predicted octanol–water partition coefficient (Wildman–Crippen LogP) is -0.858. The number of hydrogen-bond donors (Lipinski definition) is 4. The van der Waals surface area contributed by atoms with Gasteiger partial charge < -0.3 is 25.4 Å². The summed E-state index contributed by atoms with van der Waals surface area (Å²) in [6.45, 7) is 4.68. The molecule has 0 unspecified atom stereocenters. The lowest BCUT2D eigenvalue weighted by Crippen LogP contribution is -2.55. The zero-order chi connectivity index (χ0) is 13.3. The third kappa shape index (κ3) is 2.80. The number of fused-ring (bicyclic) bond motifs is 1. The van der Waals surface area contributed by atoms with Gasteiger partial charge in [0, 0.05) is 6.54 Å². The van der Waals surface area contributed by atoms with Gasteiger partial charge in [-0.2, -0.15) is 0 Å². The molecule has 2 rings (SSSR count). The van der Waals surface area contributed by atoms with Crippen LogP contribution >= 0.6 is 11.8 Å². The molecule has 0 aromatic rings. The first kappa shape index (κ1) is 14.1. The van der Waals surface area contributed by atoms with Crippen LogP contribution < -0.4 is 5.32 Å². The highest BCUT2D eigenvalue weighted by atomic mass is 32.2. The topological polar surface area (TPSA) is 94.3 Å². The molecule has 0 bridgehead atoms. The standard InChI is InChI=1S/C11H20N2O4S/c1-5(2)3-12-11-13-7-9(16)8(15)6(4-14)17-10(7)18-11/h5-10,14-16H,3-4H2,1-2H3,(H,12,13)/t6-,7-,8-,9-,10-/m1/s1. The Balaban J connectivity index is 1.99. The Bertz CT molecular complexity index is 326. The molecular weight excluding hydrogens is 256 g/mol. The molecule has 1 fully saturated rings. The number of rotatable bonds is 3. The van der Waals surface area contributed by atoms with Crippen LogP contribution in [0.25, 0.3) is 0 Å². The molecule has 7 heteroatoms. The molecule has 2 heterocycles. The molecule has 4 N–H and O–H groups in total. The molecule has 6 nitrogen and oxygen atoms in total. The van der Waals surface area contributed by atoms with Crippen LogP contribution in [0.5, 0.6) is 0 Å². The van der Waals surface area contributed by atoms with Crippen molar-refractivity contribution in [2.75, 3.05) is 13.2 Å². The Morgan fingerprint density at radius 3 is 2.72 bits per heavy atom. The Morgan fingerprint density at radius 1 is 1.39 bits per heavy atom. The lowest BCUT2D eigenvalue weighted by molar-refractivity contribution is -0.164. The second kappa shape index (κ2) is 5.75. The molecular formula is C11H20N2O4S. The van der Waals surface area contributed by atoms with Gasteiger partial charge in [-0.25, -0.2) is 0 Å². The molecule has 0 saturated carbocycles. The fraction of sp³-hybridized carbons (Fsp3) is 0.909. The number of aliphatic hydroxyl groups excluding tert-OH is 3. The Kier molecular flexibility index (Phi) is 4.50. The molecule has 2 aliphatic heterocycles. The first-order chi connectivity index (χ1) is 8.52. The summed E-state index contributed by atoms with van der Waals surface area (Å²) in [7, 11) is 0. The number of aliphatic hydroxyl groups is 3. The van der Waals surface area contributed by atoms with Crippen LogP contribution in [0.4, 0.5) is 0 Å². The first-order valence-electron chi connectivity index (χ1n) is 6.13. The van der Waals surface area contributed by atoms with Gasteiger partial charge in [0.2, 0.25) is 0 Å². The SMILES string of the molecule is CC(C)CNC1=N[C@@H]2[C@@H](O)[C@H](O)[C@@H](CO)O[C@@H]2S1. The molecule has 0 amide bonds. The normalized spacial score (nSPS) is 39.7. The molecule has 2 aliphatic rings. The van der Waals surface area contributed by atoms with E-state index in [2.05, 4.69) is 24.2 Å². The van der Waals surface area contributed by atoms with Gasteiger partial charge in [0.25, 0.3) is 0 Å². The van der Waals surface area contributed by atoms with Crippen LogP contribution in [-0.2, 0) is 4.74 Å². The highest BCUT2D eigenvalue weighted by molar-refractivity contribution is 8.14. The van der Waals surface area contributed by atoms with E-state index in [0.29, 0.717) is 5.92 Å². The number of nitrogens with one attached hydrogen (secondary N) is 1. The van der Waals surface area contributed by atoms with Crippen LogP contribution in [0.2, 0.25) is 0 Å². The van der Waals surface area contributed by atoms with Crippen molar-refractivity contribution in [3.63, 3.8) is 0 Å². The second-order valence-electron chi connectivity index (χ2n) is 5.02. The predicted molar refractivity (Wildman–Crippen MR) is 69.4 cm³/mol. The maximum Gasteiger partial charge on any atom is 0.159 e. The molecule has 1 saturated heterocycles. The van der Waals surface area contributed by atoms with Gasteiger partial charge >= 0.3 is 0 Å². The lowest BCUT2D eigenvalue weighted by Gasteiger charge is -2.37. The molecule has 0 radical (unpaired) electrons.